The number of piperidine rings is 1. The molecule has 1 heterocycles. The van der Waals surface area contributed by atoms with Crippen LogP contribution in [0.1, 0.15) is 30.1 Å². The number of carboxylic acids is 1. The molecule has 0 atom stereocenters. The Balaban J connectivity index is 2.35. The molecule has 1 aliphatic heterocycles. The van der Waals surface area contributed by atoms with Gasteiger partial charge in [0.2, 0.25) is 10.0 Å². The fourth-order valence-electron chi connectivity index (χ4n) is 2.22. The van der Waals surface area contributed by atoms with Gasteiger partial charge in [-0.1, -0.05) is 6.92 Å². The molecular formula is C13H17NO5S. The summed E-state index contributed by atoms with van der Waals surface area (Å²) in [6, 6.07) is 3.34. The van der Waals surface area contributed by atoms with Crippen molar-refractivity contribution in [3.63, 3.8) is 0 Å². The monoisotopic (exact) mass is 299 g/mol. The number of aromatic carboxylic acids is 1. The number of carboxylic acid groups (broad SMARTS) is 1. The molecule has 1 saturated heterocycles. The minimum Gasteiger partial charge on any atom is -0.507 e. The molecular weight excluding hydrogens is 282 g/mol. The average molecular weight is 299 g/mol. The van der Waals surface area contributed by atoms with Crippen molar-refractivity contribution < 1.29 is 23.4 Å². The summed E-state index contributed by atoms with van der Waals surface area (Å²) in [5.74, 6) is -1.30. The second-order valence-electron chi connectivity index (χ2n) is 5.07. The highest BCUT2D eigenvalue weighted by atomic mass is 32.2. The Morgan fingerprint density at radius 2 is 1.90 bits per heavy atom. The van der Waals surface area contributed by atoms with E-state index in [4.69, 9.17) is 5.11 Å². The van der Waals surface area contributed by atoms with Gasteiger partial charge in [0.15, 0.2) is 0 Å². The SMILES string of the molecule is CC1CCN(S(=O)(=O)c2ccc(O)c(C(=O)O)c2)CC1. The highest BCUT2D eigenvalue weighted by Gasteiger charge is 2.29. The number of nitrogens with zero attached hydrogens (tertiary/aromatic N) is 1. The lowest BCUT2D eigenvalue weighted by Crippen LogP contribution is -2.37. The second kappa shape index (κ2) is 5.41. The molecule has 0 aromatic heterocycles. The number of rotatable bonds is 3. The van der Waals surface area contributed by atoms with E-state index in [0.29, 0.717) is 19.0 Å². The van der Waals surface area contributed by atoms with Crippen LogP contribution in [0.5, 0.6) is 5.75 Å². The topological polar surface area (TPSA) is 94.9 Å². The summed E-state index contributed by atoms with van der Waals surface area (Å²) in [5.41, 5.74) is -0.406. The zero-order valence-corrected chi connectivity index (χ0v) is 11.9. The summed E-state index contributed by atoms with van der Waals surface area (Å²) >= 11 is 0. The maximum absolute atomic E-state index is 12.4. The van der Waals surface area contributed by atoms with Gasteiger partial charge >= 0.3 is 5.97 Å². The van der Waals surface area contributed by atoms with E-state index in [9.17, 15) is 18.3 Å². The lowest BCUT2D eigenvalue weighted by Gasteiger charge is -2.29. The lowest BCUT2D eigenvalue weighted by molar-refractivity contribution is 0.0693. The zero-order valence-electron chi connectivity index (χ0n) is 11.1. The van der Waals surface area contributed by atoms with Crippen LogP contribution in [-0.2, 0) is 10.0 Å². The molecule has 0 saturated carbocycles. The van der Waals surface area contributed by atoms with Gasteiger partial charge in [-0.2, -0.15) is 4.31 Å². The van der Waals surface area contributed by atoms with Crippen molar-refractivity contribution in [3.05, 3.63) is 23.8 Å². The predicted molar refractivity (Wildman–Crippen MR) is 72.2 cm³/mol. The summed E-state index contributed by atoms with van der Waals surface area (Å²) < 4.78 is 26.2. The number of benzene rings is 1. The molecule has 1 aromatic carbocycles. The molecule has 0 amide bonds. The second-order valence-corrected chi connectivity index (χ2v) is 7.01. The molecule has 0 radical (unpaired) electrons. The van der Waals surface area contributed by atoms with Crippen LogP contribution in [0.25, 0.3) is 0 Å². The first-order chi connectivity index (χ1) is 9.32. The number of hydrogen-bond acceptors (Lipinski definition) is 4. The molecule has 6 nitrogen and oxygen atoms in total. The van der Waals surface area contributed by atoms with Crippen LogP contribution in [0.4, 0.5) is 0 Å². The Labute approximate surface area is 117 Å². The largest absolute Gasteiger partial charge is 0.507 e. The van der Waals surface area contributed by atoms with Crippen molar-refractivity contribution >= 4 is 16.0 Å². The first-order valence-corrected chi connectivity index (χ1v) is 7.83. The Morgan fingerprint density at radius 3 is 2.45 bits per heavy atom. The molecule has 0 spiro atoms. The Kier molecular flexibility index (Phi) is 4.01. The van der Waals surface area contributed by atoms with Gasteiger partial charge in [0.1, 0.15) is 11.3 Å². The minimum absolute atomic E-state index is 0.0951. The highest BCUT2D eigenvalue weighted by Crippen LogP contribution is 2.26. The number of carbonyl (C=O) groups is 1. The smallest absolute Gasteiger partial charge is 0.339 e. The number of sulfonamides is 1. The van der Waals surface area contributed by atoms with Gasteiger partial charge < -0.3 is 10.2 Å². The van der Waals surface area contributed by atoms with Crippen molar-refractivity contribution in [2.75, 3.05) is 13.1 Å². The Morgan fingerprint density at radius 1 is 1.30 bits per heavy atom. The predicted octanol–water partition coefficient (Wildman–Crippen LogP) is 1.51. The summed E-state index contributed by atoms with van der Waals surface area (Å²) in [6.45, 7) is 2.95. The first-order valence-electron chi connectivity index (χ1n) is 6.39. The molecule has 110 valence electrons. The van der Waals surface area contributed by atoms with Crippen molar-refractivity contribution in [3.8, 4) is 5.75 Å². The number of phenols is 1. The molecule has 0 bridgehead atoms. The summed E-state index contributed by atoms with van der Waals surface area (Å²) in [4.78, 5) is 10.9. The molecule has 1 fully saturated rings. The quantitative estimate of drug-likeness (QED) is 0.882. The summed E-state index contributed by atoms with van der Waals surface area (Å²) in [5, 5.41) is 18.4. The summed E-state index contributed by atoms with van der Waals surface area (Å²) in [6.07, 6.45) is 1.59. The van der Waals surface area contributed by atoms with Crippen LogP contribution in [0.15, 0.2) is 23.1 Å². The van der Waals surface area contributed by atoms with Crippen molar-refractivity contribution in [2.24, 2.45) is 5.92 Å². The van der Waals surface area contributed by atoms with E-state index in [1.54, 1.807) is 0 Å². The van der Waals surface area contributed by atoms with Gasteiger partial charge in [0.05, 0.1) is 4.90 Å². The third kappa shape index (κ3) is 2.78. The highest BCUT2D eigenvalue weighted by molar-refractivity contribution is 7.89. The molecule has 1 aromatic rings. The van der Waals surface area contributed by atoms with Gasteiger partial charge in [0.25, 0.3) is 0 Å². The van der Waals surface area contributed by atoms with E-state index < -0.39 is 27.3 Å². The molecule has 2 rings (SSSR count). The van der Waals surface area contributed by atoms with E-state index >= 15 is 0 Å². The molecule has 0 aliphatic carbocycles. The molecule has 7 heteroatoms. The van der Waals surface area contributed by atoms with Gasteiger partial charge in [-0.05, 0) is 37.0 Å². The normalized spacial score (nSPS) is 18.1. The van der Waals surface area contributed by atoms with Gasteiger partial charge in [0, 0.05) is 13.1 Å². The fraction of sp³-hybridized carbons (Fsp3) is 0.462. The van der Waals surface area contributed by atoms with E-state index in [0.717, 1.165) is 25.0 Å². The average Bonchev–Trinajstić information content (AvgIpc) is 2.39. The Bertz CT molecular complexity index is 618. The standard InChI is InChI=1S/C13H17NO5S/c1-9-4-6-14(7-5-9)20(18,19)10-2-3-12(15)11(8-10)13(16)17/h2-3,8-9,15H,4-7H2,1H3,(H,16,17). The lowest BCUT2D eigenvalue weighted by atomic mass is 10.0. The summed E-state index contributed by atoms with van der Waals surface area (Å²) in [7, 11) is -3.70. The minimum atomic E-state index is -3.70. The zero-order chi connectivity index (χ0) is 14.9. The van der Waals surface area contributed by atoms with Gasteiger partial charge in [-0.25, -0.2) is 13.2 Å². The van der Waals surface area contributed by atoms with Crippen LogP contribution in [0, 0.1) is 5.92 Å². The maximum atomic E-state index is 12.4. The fourth-order valence-corrected chi connectivity index (χ4v) is 3.72. The van der Waals surface area contributed by atoms with Crippen LogP contribution in [-0.4, -0.2) is 42.0 Å². The molecule has 20 heavy (non-hydrogen) atoms. The van der Waals surface area contributed by atoms with E-state index in [2.05, 4.69) is 6.92 Å². The maximum Gasteiger partial charge on any atom is 0.339 e. The van der Waals surface area contributed by atoms with Crippen molar-refractivity contribution in [1.29, 1.82) is 0 Å². The number of hydrogen-bond donors (Lipinski definition) is 2. The van der Waals surface area contributed by atoms with Gasteiger partial charge in [-0.3, -0.25) is 0 Å². The van der Waals surface area contributed by atoms with E-state index in [1.807, 2.05) is 0 Å². The third-order valence-electron chi connectivity index (χ3n) is 3.58. The van der Waals surface area contributed by atoms with Crippen LogP contribution in [0.3, 0.4) is 0 Å². The molecule has 0 unspecified atom stereocenters. The number of aromatic hydroxyl groups is 1. The molecule has 1 aliphatic rings. The first kappa shape index (κ1) is 14.8. The molecule has 2 N–H and O–H groups in total. The third-order valence-corrected chi connectivity index (χ3v) is 5.47. The van der Waals surface area contributed by atoms with Gasteiger partial charge in [-0.15, -0.1) is 0 Å². The van der Waals surface area contributed by atoms with Crippen molar-refractivity contribution in [1.82, 2.24) is 4.31 Å². The Hall–Kier alpha value is -1.60. The van der Waals surface area contributed by atoms with E-state index in [-0.39, 0.29) is 4.90 Å². The van der Waals surface area contributed by atoms with Crippen molar-refractivity contribution in [2.45, 2.75) is 24.7 Å². The van der Waals surface area contributed by atoms with Crippen LogP contribution < -0.4 is 0 Å². The van der Waals surface area contributed by atoms with Crippen LogP contribution in [0.2, 0.25) is 0 Å². The van der Waals surface area contributed by atoms with Crippen LogP contribution >= 0.6 is 0 Å². The van der Waals surface area contributed by atoms with E-state index in [1.165, 1.54) is 10.4 Å².